The SMILES string of the molecule is C.CC(=O)c1ccccc1N.Cc1c2c(nc3ccccc13)-c1nc3ccccc3c(C)c1CC2.O=C1CCCCC1=O. The summed E-state index contributed by atoms with van der Waals surface area (Å²) >= 11 is 0. The number of para-hydroxylation sites is 3. The summed E-state index contributed by atoms with van der Waals surface area (Å²) in [6, 6.07) is 23.9. The van der Waals surface area contributed by atoms with E-state index >= 15 is 0 Å². The third-order valence-electron chi connectivity index (χ3n) is 8.12. The summed E-state index contributed by atoms with van der Waals surface area (Å²) in [6.45, 7) is 5.95. The van der Waals surface area contributed by atoms with Crippen LogP contribution in [-0.4, -0.2) is 27.3 Å². The van der Waals surface area contributed by atoms with Crippen LogP contribution in [0.15, 0.2) is 72.8 Å². The third kappa shape index (κ3) is 6.54. The van der Waals surface area contributed by atoms with E-state index in [-0.39, 0.29) is 24.8 Å². The zero-order valence-corrected chi connectivity index (χ0v) is 24.4. The van der Waals surface area contributed by atoms with E-state index in [2.05, 4.69) is 62.4 Å². The highest BCUT2D eigenvalue weighted by Gasteiger charge is 2.24. The van der Waals surface area contributed by atoms with Crippen LogP contribution in [0.2, 0.25) is 0 Å². The van der Waals surface area contributed by atoms with E-state index in [1.54, 1.807) is 18.2 Å². The van der Waals surface area contributed by atoms with Crippen molar-refractivity contribution in [2.45, 2.75) is 66.7 Å². The molecule has 7 rings (SSSR count). The lowest BCUT2D eigenvalue weighted by Crippen LogP contribution is -2.17. The van der Waals surface area contributed by atoms with E-state index in [4.69, 9.17) is 15.7 Å². The van der Waals surface area contributed by atoms with Crippen molar-refractivity contribution in [3.63, 3.8) is 0 Å². The van der Waals surface area contributed by atoms with Crippen LogP contribution in [0, 0.1) is 13.8 Å². The lowest BCUT2D eigenvalue weighted by molar-refractivity contribution is -0.137. The molecule has 2 heterocycles. The number of pyridine rings is 2. The van der Waals surface area contributed by atoms with Gasteiger partial charge in [-0.25, -0.2) is 9.97 Å². The van der Waals surface area contributed by atoms with Gasteiger partial charge in [0.1, 0.15) is 0 Å². The lowest BCUT2D eigenvalue weighted by Gasteiger charge is -2.23. The topological polar surface area (TPSA) is 103 Å². The first-order chi connectivity index (χ1) is 20.3. The number of rotatable bonds is 1. The summed E-state index contributed by atoms with van der Waals surface area (Å²) in [5.41, 5.74) is 16.4. The fourth-order valence-electron chi connectivity index (χ4n) is 5.75. The van der Waals surface area contributed by atoms with Crippen molar-refractivity contribution in [1.82, 2.24) is 9.97 Å². The minimum absolute atomic E-state index is 0. The van der Waals surface area contributed by atoms with Gasteiger partial charge in [0, 0.05) is 34.9 Å². The Labute approximate surface area is 253 Å². The van der Waals surface area contributed by atoms with E-state index < -0.39 is 0 Å². The first-order valence-electron chi connectivity index (χ1n) is 14.4. The van der Waals surface area contributed by atoms with Gasteiger partial charge in [-0.15, -0.1) is 0 Å². The summed E-state index contributed by atoms with van der Waals surface area (Å²) < 4.78 is 0. The van der Waals surface area contributed by atoms with Gasteiger partial charge >= 0.3 is 0 Å². The Bertz CT molecular complexity index is 1730. The van der Waals surface area contributed by atoms with Crippen molar-refractivity contribution in [1.29, 1.82) is 0 Å². The number of Topliss-reactive ketones (excluding diaryl/α,β-unsaturated/α-hetero) is 3. The van der Waals surface area contributed by atoms with Gasteiger partial charge in [0.05, 0.1) is 22.4 Å². The molecule has 6 heteroatoms. The highest BCUT2D eigenvalue weighted by atomic mass is 16.2. The number of anilines is 1. The van der Waals surface area contributed by atoms with Crippen LogP contribution >= 0.6 is 0 Å². The molecule has 0 saturated heterocycles. The molecule has 2 N–H and O–H groups in total. The third-order valence-corrected chi connectivity index (χ3v) is 8.12. The van der Waals surface area contributed by atoms with Gasteiger partial charge in [-0.05, 0) is 93.0 Å². The molecule has 0 atom stereocenters. The van der Waals surface area contributed by atoms with Gasteiger partial charge < -0.3 is 5.73 Å². The first kappa shape index (κ1) is 31.2. The van der Waals surface area contributed by atoms with Gasteiger partial charge in [-0.2, -0.15) is 0 Å². The van der Waals surface area contributed by atoms with Gasteiger partial charge in [-0.3, -0.25) is 14.4 Å². The summed E-state index contributed by atoms with van der Waals surface area (Å²) in [4.78, 5) is 41.7. The van der Waals surface area contributed by atoms with Gasteiger partial charge in [-0.1, -0.05) is 56.0 Å². The molecular formula is C37H39N3O3. The molecule has 5 aromatic rings. The molecule has 2 aliphatic rings. The molecule has 0 amide bonds. The minimum Gasteiger partial charge on any atom is -0.398 e. The molecule has 2 aromatic heterocycles. The standard InChI is InChI=1S/C22H18N2.C8H9NO.C6H8O2.CH4/c1-13-15-7-3-5-9-19(15)23-21-17(13)11-12-18-14(2)16-8-4-6-10-20(16)24-22(18)21;1-6(10)7-4-2-3-5-8(7)9;7-5-3-1-2-4-6(5)8;/h3-10H,11-12H2,1-2H3;2-5H,9H2,1H3;1-4H2;1H4. The molecule has 0 radical (unpaired) electrons. The monoisotopic (exact) mass is 573 g/mol. The summed E-state index contributed by atoms with van der Waals surface area (Å²) in [6.07, 6.45) is 4.88. The number of nitrogen functional groups attached to an aromatic ring is 1. The number of carbonyl (C=O) groups excluding carboxylic acids is 3. The number of hydrogen-bond acceptors (Lipinski definition) is 6. The molecule has 2 aliphatic carbocycles. The fourth-order valence-corrected chi connectivity index (χ4v) is 5.75. The number of benzene rings is 3. The molecular weight excluding hydrogens is 534 g/mol. The van der Waals surface area contributed by atoms with E-state index in [0.29, 0.717) is 24.1 Å². The molecule has 43 heavy (non-hydrogen) atoms. The highest BCUT2D eigenvalue weighted by Crippen LogP contribution is 2.38. The first-order valence-corrected chi connectivity index (χ1v) is 14.4. The maximum atomic E-state index is 10.8. The summed E-state index contributed by atoms with van der Waals surface area (Å²) in [5.74, 6) is -0.328. The largest absolute Gasteiger partial charge is 0.398 e. The van der Waals surface area contributed by atoms with Crippen LogP contribution in [0.25, 0.3) is 33.2 Å². The van der Waals surface area contributed by atoms with Crippen LogP contribution < -0.4 is 5.73 Å². The van der Waals surface area contributed by atoms with Crippen LogP contribution in [0.5, 0.6) is 0 Å². The smallest absolute Gasteiger partial charge is 0.198 e. The molecule has 0 spiro atoms. The van der Waals surface area contributed by atoms with Crippen molar-refractivity contribution in [2.75, 3.05) is 5.73 Å². The number of carbonyl (C=O) groups is 3. The summed E-state index contributed by atoms with van der Waals surface area (Å²) in [5, 5.41) is 2.52. The van der Waals surface area contributed by atoms with E-state index in [9.17, 15) is 14.4 Å². The molecule has 1 saturated carbocycles. The average Bonchev–Trinajstić information content (AvgIpc) is 3.00. The molecule has 0 bridgehead atoms. The number of aromatic nitrogens is 2. The zero-order chi connectivity index (χ0) is 29.8. The second-order valence-corrected chi connectivity index (χ2v) is 10.9. The maximum Gasteiger partial charge on any atom is 0.198 e. The number of aryl methyl sites for hydroxylation is 2. The Balaban J connectivity index is 0.000000184. The molecule has 3 aromatic carbocycles. The second-order valence-electron chi connectivity index (χ2n) is 10.9. The molecule has 220 valence electrons. The number of nitrogens with zero attached hydrogens (tertiary/aromatic N) is 2. The van der Waals surface area contributed by atoms with Crippen molar-refractivity contribution >= 4 is 44.8 Å². The number of nitrogens with two attached hydrogens (primary N) is 1. The van der Waals surface area contributed by atoms with E-state index in [1.165, 1.54) is 39.9 Å². The molecule has 6 nitrogen and oxygen atoms in total. The Morgan fingerprint density at radius 2 is 1.07 bits per heavy atom. The van der Waals surface area contributed by atoms with E-state index in [1.807, 2.05) is 6.07 Å². The zero-order valence-electron chi connectivity index (χ0n) is 24.4. The van der Waals surface area contributed by atoms with Gasteiger partial charge in [0.25, 0.3) is 0 Å². The Hall–Kier alpha value is -4.71. The lowest BCUT2D eigenvalue weighted by atomic mass is 9.85. The minimum atomic E-state index is -0.170. The van der Waals surface area contributed by atoms with Crippen molar-refractivity contribution in [2.24, 2.45) is 0 Å². The second kappa shape index (κ2) is 13.5. The number of ketones is 3. The molecule has 1 fully saturated rings. The molecule has 0 unspecified atom stereocenters. The van der Waals surface area contributed by atoms with Crippen molar-refractivity contribution in [3.05, 3.63) is 101 Å². The van der Waals surface area contributed by atoms with Crippen LogP contribution in [0.1, 0.15) is 72.6 Å². The van der Waals surface area contributed by atoms with Crippen LogP contribution in [0.3, 0.4) is 0 Å². The average molecular weight is 574 g/mol. The van der Waals surface area contributed by atoms with Gasteiger partial charge in [0.15, 0.2) is 17.3 Å². The fraction of sp³-hybridized carbons (Fsp3) is 0.270. The Morgan fingerprint density at radius 3 is 1.47 bits per heavy atom. The highest BCUT2D eigenvalue weighted by molar-refractivity contribution is 6.37. The van der Waals surface area contributed by atoms with E-state index in [0.717, 1.165) is 48.1 Å². The van der Waals surface area contributed by atoms with Crippen LogP contribution in [-0.2, 0) is 22.4 Å². The number of fused-ring (bicyclic) bond motifs is 5. The Kier molecular flexibility index (Phi) is 9.81. The number of hydrogen-bond donors (Lipinski definition) is 1. The van der Waals surface area contributed by atoms with Crippen molar-refractivity contribution < 1.29 is 14.4 Å². The van der Waals surface area contributed by atoms with Crippen molar-refractivity contribution in [3.8, 4) is 11.4 Å². The Morgan fingerprint density at radius 1 is 0.651 bits per heavy atom. The van der Waals surface area contributed by atoms with Crippen LogP contribution in [0.4, 0.5) is 5.69 Å². The quantitative estimate of drug-likeness (QED) is 0.124. The van der Waals surface area contributed by atoms with Gasteiger partial charge in [0.2, 0.25) is 0 Å². The maximum absolute atomic E-state index is 10.8. The normalized spacial score (nSPS) is 13.5. The predicted molar refractivity (Wildman–Crippen MR) is 175 cm³/mol. The predicted octanol–water partition coefficient (Wildman–Crippen LogP) is 7.97. The summed E-state index contributed by atoms with van der Waals surface area (Å²) in [7, 11) is 0. The molecule has 0 aliphatic heterocycles.